The Morgan fingerprint density at radius 3 is 2.76 bits per heavy atom. The van der Waals surface area contributed by atoms with Gasteiger partial charge in [-0.25, -0.2) is 4.98 Å². The fraction of sp³-hybridized carbons (Fsp3) is 0.250. The van der Waals surface area contributed by atoms with Gasteiger partial charge in [0.05, 0.1) is 12.2 Å². The molecule has 2 N–H and O–H groups in total. The topological polar surface area (TPSA) is 68.5 Å². The highest BCUT2D eigenvalue weighted by Gasteiger charge is 2.15. The van der Waals surface area contributed by atoms with Crippen molar-refractivity contribution in [3.8, 4) is 5.75 Å². The zero-order valence-electron chi connectivity index (χ0n) is 12.2. The third kappa shape index (κ3) is 3.72. The number of carbonyl (C=O) groups excluding carboxylic acids is 1. The van der Waals surface area contributed by atoms with Gasteiger partial charge >= 0.3 is 0 Å². The van der Waals surface area contributed by atoms with Crippen molar-refractivity contribution in [1.82, 2.24) is 9.88 Å². The van der Waals surface area contributed by atoms with Crippen LogP contribution in [0.4, 0.5) is 5.69 Å². The van der Waals surface area contributed by atoms with Gasteiger partial charge in [-0.2, -0.15) is 0 Å². The van der Waals surface area contributed by atoms with E-state index in [9.17, 15) is 4.79 Å². The number of ether oxygens (including phenoxy) is 1. The molecule has 5 heteroatoms. The molecule has 110 valence electrons. The van der Waals surface area contributed by atoms with Gasteiger partial charge in [-0.15, -0.1) is 0 Å². The Morgan fingerprint density at radius 2 is 2.05 bits per heavy atom. The second kappa shape index (κ2) is 6.74. The van der Waals surface area contributed by atoms with Gasteiger partial charge in [0.2, 0.25) is 0 Å². The molecule has 0 saturated carbocycles. The van der Waals surface area contributed by atoms with Crippen molar-refractivity contribution in [2.24, 2.45) is 0 Å². The molecule has 0 unspecified atom stereocenters. The minimum Gasteiger partial charge on any atom is -0.491 e. The number of rotatable bonds is 5. The molecule has 0 aliphatic rings. The van der Waals surface area contributed by atoms with Crippen molar-refractivity contribution < 1.29 is 9.53 Å². The van der Waals surface area contributed by atoms with E-state index in [0.717, 1.165) is 11.3 Å². The fourth-order valence-corrected chi connectivity index (χ4v) is 1.89. The zero-order chi connectivity index (χ0) is 15.2. The molecule has 0 fully saturated rings. The third-order valence-corrected chi connectivity index (χ3v) is 3.17. The van der Waals surface area contributed by atoms with Crippen LogP contribution in [0.15, 0.2) is 42.6 Å². The summed E-state index contributed by atoms with van der Waals surface area (Å²) in [6, 6.07) is 11.1. The van der Waals surface area contributed by atoms with Crippen molar-refractivity contribution in [1.29, 1.82) is 0 Å². The number of pyridine rings is 1. The van der Waals surface area contributed by atoms with Gasteiger partial charge in [0.15, 0.2) is 5.69 Å². The van der Waals surface area contributed by atoms with Gasteiger partial charge in [0.25, 0.3) is 5.91 Å². The lowest BCUT2D eigenvalue weighted by molar-refractivity contribution is 0.0769. The van der Waals surface area contributed by atoms with Crippen LogP contribution in [0.3, 0.4) is 0 Å². The molecule has 2 aromatic rings. The Morgan fingerprint density at radius 1 is 1.29 bits per heavy atom. The summed E-state index contributed by atoms with van der Waals surface area (Å²) in [7, 11) is 1.71. The molecule has 0 saturated heterocycles. The summed E-state index contributed by atoms with van der Waals surface area (Å²) in [6.07, 6.45) is 1.56. The standard InChI is InChI=1S/C16H19N3O2/c1-12-6-3-4-8-14(12)21-11-10-19(2)16(20)15-13(17)7-5-9-18-15/h3-9H,10-11,17H2,1-2H3. The minimum atomic E-state index is -0.207. The highest BCUT2D eigenvalue weighted by Crippen LogP contribution is 2.16. The van der Waals surface area contributed by atoms with E-state index < -0.39 is 0 Å². The first-order valence-electron chi connectivity index (χ1n) is 6.74. The van der Waals surface area contributed by atoms with Crippen molar-refractivity contribution in [2.45, 2.75) is 6.92 Å². The molecule has 0 aliphatic heterocycles. The van der Waals surface area contributed by atoms with Crippen LogP contribution in [0.1, 0.15) is 16.1 Å². The summed E-state index contributed by atoms with van der Waals surface area (Å²) in [4.78, 5) is 17.8. The molecule has 0 aliphatic carbocycles. The molecule has 1 aromatic heterocycles. The first-order valence-corrected chi connectivity index (χ1v) is 6.74. The molecule has 21 heavy (non-hydrogen) atoms. The van der Waals surface area contributed by atoms with Crippen molar-refractivity contribution >= 4 is 11.6 Å². The quantitative estimate of drug-likeness (QED) is 0.913. The van der Waals surface area contributed by atoms with E-state index in [1.165, 1.54) is 0 Å². The summed E-state index contributed by atoms with van der Waals surface area (Å²) in [6.45, 7) is 2.86. The summed E-state index contributed by atoms with van der Waals surface area (Å²) >= 11 is 0. The number of nitrogens with two attached hydrogens (primary N) is 1. The Hall–Kier alpha value is -2.56. The molecule has 5 nitrogen and oxygen atoms in total. The lowest BCUT2D eigenvalue weighted by Gasteiger charge is -2.18. The van der Waals surface area contributed by atoms with E-state index >= 15 is 0 Å². The third-order valence-electron chi connectivity index (χ3n) is 3.17. The van der Waals surface area contributed by atoms with E-state index in [-0.39, 0.29) is 11.6 Å². The molecule has 1 aromatic carbocycles. The minimum absolute atomic E-state index is 0.207. The normalized spacial score (nSPS) is 10.2. The Bertz CT molecular complexity index is 628. The maximum Gasteiger partial charge on any atom is 0.274 e. The Balaban J connectivity index is 1.90. The molecular weight excluding hydrogens is 266 g/mol. The predicted molar refractivity (Wildman–Crippen MR) is 82.3 cm³/mol. The van der Waals surface area contributed by atoms with Crippen LogP contribution in [0, 0.1) is 6.92 Å². The SMILES string of the molecule is Cc1ccccc1OCCN(C)C(=O)c1ncccc1N. The Kier molecular flexibility index (Phi) is 4.77. The summed E-state index contributed by atoms with van der Waals surface area (Å²) in [5, 5.41) is 0. The second-order valence-corrected chi connectivity index (χ2v) is 4.78. The first kappa shape index (κ1) is 14.8. The van der Waals surface area contributed by atoms with E-state index in [1.807, 2.05) is 31.2 Å². The number of anilines is 1. The number of amides is 1. The van der Waals surface area contributed by atoms with Crippen LogP contribution in [0.2, 0.25) is 0 Å². The number of hydrogen-bond acceptors (Lipinski definition) is 4. The Labute approximate surface area is 124 Å². The highest BCUT2D eigenvalue weighted by molar-refractivity contribution is 5.96. The maximum atomic E-state index is 12.2. The number of para-hydroxylation sites is 1. The van der Waals surface area contributed by atoms with Gasteiger partial charge < -0.3 is 15.4 Å². The van der Waals surface area contributed by atoms with E-state index in [2.05, 4.69) is 4.98 Å². The summed E-state index contributed by atoms with van der Waals surface area (Å²) in [5.74, 6) is 0.622. The average Bonchev–Trinajstić information content (AvgIpc) is 2.49. The maximum absolute atomic E-state index is 12.2. The van der Waals surface area contributed by atoms with E-state index in [4.69, 9.17) is 10.5 Å². The van der Waals surface area contributed by atoms with E-state index in [0.29, 0.717) is 18.8 Å². The van der Waals surface area contributed by atoms with Crippen LogP contribution >= 0.6 is 0 Å². The van der Waals surface area contributed by atoms with Crippen LogP contribution < -0.4 is 10.5 Å². The number of aromatic nitrogens is 1. The number of likely N-dealkylation sites (N-methyl/N-ethyl adjacent to an activating group) is 1. The monoisotopic (exact) mass is 285 g/mol. The van der Waals surface area contributed by atoms with Gasteiger partial charge in [-0.05, 0) is 30.7 Å². The number of benzene rings is 1. The molecule has 0 bridgehead atoms. The van der Waals surface area contributed by atoms with Crippen LogP contribution in [0.5, 0.6) is 5.75 Å². The molecule has 2 rings (SSSR count). The summed E-state index contributed by atoms with van der Waals surface area (Å²) < 4.78 is 5.68. The predicted octanol–water partition coefficient (Wildman–Crippen LogP) is 2.12. The molecule has 0 spiro atoms. The molecular formula is C16H19N3O2. The average molecular weight is 285 g/mol. The summed E-state index contributed by atoms with van der Waals surface area (Å²) in [5.41, 5.74) is 7.48. The lowest BCUT2D eigenvalue weighted by atomic mass is 10.2. The molecule has 1 heterocycles. The largest absolute Gasteiger partial charge is 0.491 e. The van der Waals surface area contributed by atoms with Gasteiger partial charge in [-0.3, -0.25) is 4.79 Å². The van der Waals surface area contributed by atoms with Gasteiger partial charge in [0, 0.05) is 13.2 Å². The van der Waals surface area contributed by atoms with Crippen LogP contribution in [-0.2, 0) is 0 Å². The second-order valence-electron chi connectivity index (χ2n) is 4.78. The number of nitrogens with zero attached hydrogens (tertiary/aromatic N) is 2. The number of nitrogen functional groups attached to an aromatic ring is 1. The first-order chi connectivity index (χ1) is 10.1. The van der Waals surface area contributed by atoms with Crippen LogP contribution in [-0.4, -0.2) is 36.0 Å². The molecule has 0 radical (unpaired) electrons. The lowest BCUT2D eigenvalue weighted by Crippen LogP contribution is -2.32. The van der Waals surface area contributed by atoms with E-state index in [1.54, 1.807) is 30.3 Å². The number of carbonyl (C=O) groups is 1. The highest BCUT2D eigenvalue weighted by atomic mass is 16.5. The van der Waals surface area contributed by atoms with Crippen molar-refractivity contribution in [3.05, 3.63) is 53.9 Å². The molecule has 0 atom stereocenters. The number of hydrogen-bond donors (Lipinski definition) is 1. The fourth-order valence-electron chi connectivity index (χ4n) is 1.89. The van der Waals surface area contributed by atoms with Gasteiger partial charge in [0.1, 0.15) is 12.4 Å². The zero-order valence-corrected chi connectivity index (χ0v) is 12.2. The van der Waals surface area contributed by atoms with Crippen molar-refractivity contribution in [3.63, 3.8) is 0 Å². The molecule has 1 amide bonds. The smallest absolute Gasteiger partial charge is 0.274 e. The van der Waals surface area contributed by atoms with Crippen molar-refractivity contribution in [2.75, 3.05) is 25.9 Å². The van der Waals surface area contributed by atoms with Gasteiger partial charge in [-0.1, -0.05) is 18.2 Å². The number of aryl methyl sites for hydroxylation is 1. The van der Waals surface area contributed by atoms with Crippen LogP contribution in [0.25, 0.3) is 0 Å².